The summed E-state index contributed by atoms with van der Waals surface area (Å²) in [6, 6.07) is 8.27. The molecule has 1 atom stereocenters. The summed E-state index contributed by atoms with van der Waals surface area (Å²) in [6.07, 6.45) is 4.26. The van der Waals surface area contributed by atoms with Gasteiger partial charge in [-0.25, -0.2) is 5.14 Å². The number of hydrogen-bond donors (Lipinski definition) is 1. The summed E-state index contributed by atoms with van der Waals surface area (Å²) in [4.78, 5) is 25.1. The van der Waals surface area contributed by atoms with Crippen molar-refractivity contribution in [3.63, 3.8) is 0 Å². The van der Waals surface area contributed by atoms with Crippen LogP contribution in [0, 0.1) is 0 Å². The van der Waals surface area contributed by atoms with Gasteiger partial charge in [-0.3, -0.25) is 18.7 Å². The molecule has 2 N–H and O–H groups in total. The van der Waals surface area contributed by atoms with E-state index in [1.807, 2.05) is 30.3 Å². The lowest BCUT2D eigenvalue weighted by Crippen LogP contribution is -2.49. The van der Waals surface area contributed by atoms with Gasteiger partial charge in [-0.05, 0) is 25.5 Å². The summed E-state index contributed by atoms with van der Waals surface area (Å²) in [5.74, 6) is -1.37. The Labute approximate surface area is 158 Å². The van der Waals surface area contributed by atoms with Gasteiger partial charge in [0.15, 0.2) is 6.00 Å². The summed E-state index contributed by atoms with van der Waals surface area (Å²) in [5, 5.41) is 4.93. The van der Waals surface area contributed by atoms with Gasteiger partial charge < -0.3 is 9.31 Å². The van der Waals surface area contributed by atoms with E-state index < -0.39 is 35.4 Å². The molecule has 0 saturated carbocycles. The lowest BCUT2D eigenvalue weighted by molar-refractivity contribution is -0.146. The Morgan fingerprint density at radius 2 is 1.81 bits per heavy atom. The molecule has 1 aromatic rings. The third-order valence-corrected chi connectivity index (χ3v) is 4.07. The lowest BCUT2D eigenvalue weighted by atomic mass is 9.80. The quantitative estimate of drug-likeness (QED) is 0.497. The van der Waals surface area contributed by atoms with Gasteiger partial charge in [0.1, 0.15) is 0 Å². The predicted octanol–water partition coefficient (Wildman–Crippen LogP) is -0.177. The molecular weight excluding hydrogens is 375 g/mol. The zero-order valence-corrected chi connectivity index (χ0v) is 15.6. The van der Waals surface area contributed by atoms with Crippen molar-refractivity contribution in [2.75, 3.05) is 20.1 Å². The lowest BCUT2D eigenvalue weighted by Gasteiger charge is -2.25. The summed E-state index contributed by atoms with van der Waals surface area (Å²) < 4.78 is 37.5. The van der Waals surface area contributed by atoms with Crippen molar-refractivity contribution in [1.29, 1.82) is 0 Å². The van der Waals surface area contributed by atoms with E-state index in [0.29, 0.717) is 12.8 Å². The first-order chi connectivity index (χ1) is 12.7. The second-order valence-electron chi connectivity index (χ2n) is 6.03. The highest BCUT2D eigenvalue weighted by molar-refractivity contribution is 7.84. The average molecular weight is 396 g/mol. The van der Waals surface area contributed by atoms with Crippen molar-refractivity contribution in [3.8, 4) is 0 Å². The number of likely N-dealkylation sites (N-methyl/N-ethyl adjacent to an activating group) is 1. The van der Waals surface area contributed by atoms with E-state index in [1.54, 1.807) is 13.1 Å². The van der Waals surface area contributed by atoms with Gasteiger partial charge in [-0.15, -0.1) is 0 Å². The molecule has 0 aliphatic carbocycles. The third kappa shape index (κ3) is 7.91. The zero-order valence-electron chi connectivity index (χ0n) is 14.8. The van der Waals surface area contributed by atoms with Crippen LogP contribution in [0.2, 0.25) is 0 Å². The molecular formula is C16H21BN2O7S. The minimum atomic E-state index is -4.37. The maximum Gasteiger partial charge on any atom is 0.635 e. The van der Waals surface area contributed by atoms with E-state index in [9.17, 15) is 18.0 Å². The van der Waals surface area contributed by atoms with E-state index in [-0.39, 0.29) is 13.1 Å². The summed E-state index contributed by atoms with van der Waals surface area (Å²) in [5.41, 5.74) is 1.10. The number of carbonyl (C=O) groups is 2. The zero-order chi connectivity index (χ0) is 19.9. The molecule has 0 spiro atoms. The summed E-state index contributed by atoms with van der Waals surface area (Å²) >= 11 is 0. The van der Waals surface area contributed by atoms with E-state index in [0.717, 1.165) is 5.56 Å². The Kier molecular flexibility index (Phi) is 7.54. The monoisotopic (exact) mass is 396 g/mol. The Balaban J connectivity index is 2.08. The van der Waals surface area contributed by atoms with Gasteiger partial charge in [0.25, 0.3) is 0 Å². The highest BCUT2D eigenvalue weighted by Gasteiger charge is 2.41. The van der Waals surface area contributed by atoms with Gasteiger partial charge in [-0.1, -0.05) is 42.5 Å². The van der Waals surface area contributed by atoms with Crippen LogP contribution in [0.25, 0.3) is 0 Å². The molecule has 146 valence electrons. The first-order valence-electron chi connectivity index (χ1n) is 8.22. The minimum absolute atomic E-state index is 0.147. The van der Waals surface area contributed by atoms with Gasteiger partial charge in [0, 0.05) is 0 Å². The Morgan fingerprint density at radius 1 is 1.22 bits per heavy atom. The first-order valence-corrected chi connectivity index (χ1v) is 9.69. The molecule has 1 aliphatic rings. The molecule has 9 nitrogen and oxygen atoms in total. The fourth-order valence-electron chi connectivity index (χ4n) is 2.44. The number of carbonyl (C=O) groups excluding carboxylic acids is 2. The topological polar surface area (TPSA) is 125 Å². The fraction of sp³-hybridized carbons (Fsp3) is 0.375. The number of hydrogen-bond acceptors (Lipinski definition) is 8. The number of nitrogens with two attached hydrogens (primary N) is 1. The summed E-state index contributed by atoms with van der Waals surface area (Å²) in [6.45, 7) is -0.295. The predicted molar refractivity (Wildman–Crippen MR) is 97.3 cm³/mol. The largest absolute Gasteiger partial charge is 0.635 e. The van der Waals surface area contributed by atoms with Gasteiger partial charge >= 0.3 is 29.4 Å². The van der Waals surface area contributed by atoms with Gasteiger partial charge in [0.05, 0.1) is 13.1 Å². The maximum atomic E-state index is 11.8. The standard InChI is InChI=1S/C16H21BN2O7S/c1-19-11-15(20)24-17(25-16(21)12-19)14(26-27(18,22)23)10-6-5-9-13-7-3-2-4-8-13/h2-4,6-8,10,14H,5,9,11-12H2,1H3,(H2,18,22,23)/b10-6+. The molecule has 1 heterocycles. The second-order valence-corrected chi connectivity index (χ2v) is 7.20. The van der Waals surface area contributed by atoms with Gasteiger partial charge in [-0.2, -0.15) is 8.42 Å². The number of allylic oxidation sites excluding steroid dienone is 1. The molecule has 2 rings (SSSR count). The maximum absolute atomic E-state index is 11.8. The Bertz CT molecular complexity index is 765. The van der Waals surface area contributed by atoms with Crippen LogP contribution in [0.4, 0.5) is 0 Å². The van der Waals surface area contributed by atoms with Crippen molar-refractivity contribution in [1.82, 2.24) is 4.90 Å². The van der Waals surface area contributed by atoms with Crippen LogP contribution in [0.15, 0.2) is 42.5 Å². The van der Waals surface area contributed by atoms with E-state index in [4.69, 9.17) is 18.6 Å². The molecule has 0 amide bonds. The molecule has 1 aromatic carbocycles. The molecule has 1 unspecified atom stereocenters. The molecule has 1 aliphatic heterocycles. The van der Waals surface area contributed by atoms with Crippen molar-refractivity contribution in [3.05, 3.63) is 48.0 Å². The normalized spacial score (nSPS) is 17.9. The van der Waals surface area contributed by atoms with Crippen molar-refractivity contribution >= 4 is 29.4 Å². The van der Waals surface area contributed by atoms with Crippen LogP contribution < -0.4 is 5.14 Å². The Morgan fingerprint density at radius 3 is 2.37 bits per heavy atom. The highest BCUT2D eigenvalue weighted by atomic mass is 32.2. The molecule has 11 heteroatoms. The molecule has 0 radical (unpaired) electrons. The molecule has 0 bridgehead atoms. The van der Waals surface area contributed by atoms with Crippen LogP contribution >= 0.6 is 0 Å². The average Bonchev–Trinajstić information content (AvgIpc) is 2.55. The van der Waals surface area contributed by atoms with Gasteiger partial charge in [0.2, 0.25) is 0 Å². The second kappa shape index (κ2) is 9.65. The molecule has 1 fully saturated rings. The number of nitrogens with zero attached hydrogens (tertiary/aromatic N) is 1. The van der Waals surface area contributed by atoms with Crippen LogP contribution in [-0.2, 0) is 39.8 Å². The number of rotatable bonds is 7. The molecule has 0 aromatic heterocycles. The Hall–Kier alpha value is -2.21. The third-order valence-electron chi connectivity index (χ3n) is 3.57. The van der Waals surface area contributed by atoms with E-state index in [2.05, 4.69) is 0 Å². The smallest absolute Gasteiger partial charge is 0.496 e. The first kappa shape index (κ1) is 21.1. The van der Waals surface area contributed by atoms with E-state index >= 15 is 0 Å². The minimum Gasteiger partial charge on any atom is -0.496 e. The number of aryl methyl sites for hydroxylation is 1. The van der Waals surface area contributed by atoms with Crippen molar-refractivity contribution < 1.29 is 31.5 Å². The molecule has 1 saturated heterocycles. The SMILES string of the molecule is CN1CC(=O)OB(C(/C=C/CCc2ccccc2)OS(N)(=O)=O)OC(=O)C1. The van der Waals surface area contributed by atoms with Crippen LogP contribution in [-0.4, -0.2) is 58.5 Å². The van der Waals surface area contributed by atoms with Crippen molar-refractivity contribution in [2.45, 2.75) is 18.8 Å². The van der Waals surface area contributed by atoms with Crippen LogP contribution in [0.5, 0.6) is 0 Å². The van der Waals surface area contributed by atoms with Crippen molar-refractivity contribution in [2.24, 2.45) is 5.14 Å². The summed E-state index contributed by atoms with van der Waals surface area (Å²) in [7, 11) is -4.38. The highest BCUT2D eigenvalue weighted by Crippen LogP contribution is 2.11. The van der Waals surface area contributed by atoms with E-state index in [1.165, 1.54) is 11.0 Å². The number of benzene rings is 1. The molecule has 27 heavy (non-hydrogen) atoms. The fourth-order valence-corrected chi connectivity index (χ4v) is 2.90. The van der Waals surface area contributed by atoms with Crippen LogP contribution in [0.3, 0.4) is 0 Å². The van der Waals surface area contributed by atoms with Crippen LogP contribution in [0.1, 0.15) is 12.0 Å².